The molecule has 1 saturated heterocycles. The number of nitrogens with zero attached hydrogens (tertiary/aromatic N) is 3. The quantitative estimate of drug-likeness (QED) is 0.714. The Hall–Kier alpha value is -2.95. The fourth-order valence-corrected chi connectivity index (χ4v) is 4.23. The molecule has 0 unspecified atom stereocenters. The van der Waals surface area contributed by atoms with E-state index in [1.807, 2.05) is 23.1 Å². The molecule has 27 heavy (non-hydrogen) atoms. The number of carbonyl (C=O) groups excluding carboxylic acids is 1. The van der Waals surface area contributed by atoms with E-state index in [2.05, 4.69) is 45.5 Å². The topological polar surface area (TPSA) is 60.8 Å². The summed E-state index contributed by atoms with van der Waals surface area (Å²) in [5, 5.41) is 9.34. The number of aromatic nitrogens is 1. The van der Waals surface area contributed by atoms with Crippen LogP contribution in [0.4, 0.5) is 5.69 Å². The fourth-order valence-electron chi connectivity index (χ4n) is 4.23. The molecule has 2 aliphatic rings. The minimum atomic E-state index is 0.0908. The van der Waals surface area contributed by atoms with Crippen LogP contribution in [0, 0.1) is 5.92 Å². The molecule has 0 aliphatic carbocycles. The second kappa shape index (κ2) is 6.65. The van der Waals surface area contributed by atoms with Crippen molar-refractivity contribution in [2.75, 3.05) is 13.1 Å². The van der Waals surface area contributed by atoms with Gasteiger partial charge in [0.15, 0.2) is 0 Å². The van der Waals surface area contributed by atoms with Crippen LogP contribution < -0.4 is 0 Å². The van der Waals surface area contributed by atoms with E-state index in [0.717, 1.165) is 54.5 Å². The first-order valence-electron chi connectivity index (χ1n) is 9.63. The number of H-pyrrole nitrogens is 1. The zero-order valence-electron chi connectivity index (χ0n) is 15.2. The molecule has 5 nitrogen and oxygen atoms in total. The van der Waals surface area contributed by atoms with Gasteiger partial charge in [-0.25, -0.2) is 0 Å². The van der Waals surface area contributed by atoms with Crippen molar-refractivity contribution in [1.29, 1.82) is 0 Å². The van der Waals surface area contributed by atoms with Crippen molar-refractivity contribution in [3.8, 4) is 0 Å². The summed E-state index contributed by atoms with van der Waals surface area (Å²) in [5.41, 5.74) is 5.03. The van der Waals surface area contributed by atoms with Crippen molar-refractivity contribution < 1.29 is 4.79 Å². The minimum Gasteiger partial charge on any atom is -0.350 e. The van der Waals surface area contributed by atoms with E-state index >= 15 is 0 Å². The number of hydrogen-bond donors (Lipinski definition) is 1. The summed E-state index contributed by atoms with van der Waals surface area (Å²) in [7, 11) is 0. The summed E-state index contributed by atoms with van der Waals surface area (Å²) >= 11 is 0. The zero-order valence-corrected chi connectivity index (χ0v) is 15.2. The summed E-state index contributed by atoms with van der Waals surface area (Å²) in [4.78, 5) is 18.2. The standard InChI is InChI=1S/C22H22N4O/c27-22(20-13-18-19(24-20)7-6-17-14-23-25-21(17)18)26-10-8-16(9-11-26)12-15-4-2-1-3-5-15/h1-7,13,16,24H,8-12,14H2. The number of likely N-dealkylation sites (tertiary alicyclic amines) is 1. The van der Waals surface area contributed by atoms with Crippen LogP contribution in [0.5, 0.6) is 0 Å². The Labute approximate surface area is 158 Å². The number of carbonyl (C=O) groups is 1. The SMILES string of the molecule is O=C(c1cc2c3c(ccc2[nH]1)CN=N3)N1CCC(Cc2ccccc2)CC1. The van der Waals surface area contributed by atoms with E-state index in [1.54, 1.807) is 0 Å². The molecule has 0 spiro atoms. The van der Waals surface area contributed by atoms with E-state index in [4.69, 9.17) is 0 Å². The number of nitrogens with one attached hydrogen (secondary N) is 1. The average Bonchev–Trinajstić information content (AvgIpc) is 3.35. The predicted octanol–water partition coefficient (Wildman–Crippen LogP) is 4.86. The number of hydrogen-bond acceptors (Lipinski definition) is 3. The van der Waals surface area contributed by atoms with E-state index in [9.17, 15) is 4.79 Å². The molecule has 5 heteroatoms. The highest BCUT2D eigenvalue weighted by Crippen LogP contribution is 2.35. The van der Waals surface area contributed by atoms with Crippen molar-refractivity contribution in [2.45, 2.75) is 25.8 Å². The monoisotopic (exact) mass is 358 g/mol. The summed E-state index contributed by atoms with van der Waals surface area (Å²) in [6.07, 6.45) is 3.22. The molecule has 3 aromatic rings. The second-order valence-corrected chi connectivity index (χ2v) is 7.54. The van der Waals surface area contributed by atoms with Gasteiger partial charge in [-0.15, -0.1) is 0 Å². The van der Waals surface area contributed by atoms with Crippen molar-refractivity contribution >= 4 is 22.5 Å². The van der Waals surface area contributed by atoms with E-state index in [-0.39, 0.29) is 5.91 Å². The van der Waals surface area contributed by atoms with Gasteiger partial charge in [0.1, 0.15) is 5.69 Å². The Morgan fingerprint density at radius 3 is 2.74 bits per heavy atom. The van der Waals surface area contributed by atoms with E-state index in [0.29, 0.717) is 18.2 Å². The van der Waals surface area contributed by atoms with Crippen molar-refractivity contribution in [3.63, 3.8) is 0 Å². The van der Waals surface area contributed by atoms with Gasteiger partial charge in [0.2, 0.25) is 0 Å². The highest BCUT2D eigenvalue weighted by molar-refractivity contribution is 6.02. The molecule has 0 bridgehead atoms. The molecule has 0 saturated carbocycles. The lowest BCUT2D eigenvalue weighted by atomic mass is 9.90. The highest BCUT2D eigenvalue weighted by atomic mass is 16.2. The molecule has 2 aromatic carbocycles. The molecule has 5 rings (SSSR count). The molecule has 1 amide bonds. The third kappa shape index (κ3) is 3.03. The number of azo groups is 1. The number of fused-ring (bicyclic) bond motifs is 3. The summed E-state index contributed by atoms with van der Waals surface area (Å²) in [5.74, 6) is 0.746. The van der Waals surface area contributed by atoms with Crippen LogP contribution in [-0.4, -0.2) is 28.9 Å². The van der Waals surface area contributed by atoms with Gasteiger partial charge in [-0.3, -0.25) is 4.79 Å². The number of amides is 1. The number of aromatic amines is 1. The lowest BCUT2D eigenvalue weighted by Crippen LogP contribution is -2.39. The van der Waals surface area contributed by atoms with Gasteiger partial charge >= 0.3 is 0 Å². The molecular formula is C22H22N4O. The lowest BCUT2D eigenvalue weighted by Gasteiger charge is -2.31. The predicted molar refractivity (Wildman–Crippen MR) is 105 cm³/mol. The van der Waals surface area contributed by atoms with Crippen molar-refractivity contribution in [2.24, 2.45) is 16.1 Å². The van der Waals surface area contributed by atoms with Gasteiger partial charge in [-0.2, -0.15) is 10.2 Å². The van der Waals surface area contributed by atoms with Gasteiger partial charge in [-0.1, -0.05) is 36.4 Å². The molecular weight excluding hydrogens is 336 g/mol. The van der Waals surface area contributed by atoms with Crippen LogP contribution in [-0.2, 0) is 13.0 Å². The molecule has 0 radical (unpaired) electrons. The van der Waals surface area contributed by atoms with Gasteiger partial charge < -0.3 is 9.88 Å². The average molecular weight is 358 g/mol. The van der Waals surface area contributed by atoms with Crippen molar-refractivity contribution in [3.05, 3.63) is 65.4 Å². The highest BCUT2D eigenvalue weighted by Gasteiger charge is 2.25. The third-order valence-electron chi connectivity index (χ3n) is 5.77. The lowest BCUT2D eigenvalue weighted by molar-refractivity contribution is 0.0685. The largest absolute Gasteiger partial charge is 0.350 e. The van der Waals surface area contributed by atoms with E-state index in [1.165, 1.54) is 5.56 Å². The molecule has 1 fully saturated rings. The maximum absolute atomic E-state index is 13.0. The van der Waals surface area contributed by atoms with Gasteiger partial charge in [0.25, 0.3) is 5.91 Å². The van der Waals surface area contributed by atoms with E-state index < -0.39 is 0 Å². The maximum Gasteiger partial charge on any atom is 0.270 e. The van der Waals surface area contributed by atoms with Crippen LogP contribution in [0.15, 0.2) is 58.8 Å². The Morgan fingerprint density at radius 2 is 1.93 bits per heavy atom. The van der Waals surface area contributed by atoms with Gasteiger partial charge in [0, 0.05) is 29.6 Å². The second-order valence-electron chi connectivity index (χ2n) is 7.54. The van der Waals surface area contributed by atoms with Gasteiger partial charge in [-0.05, 0) is 42.9 Å². The normalized spacial score (nSPS) is 16.8. The van der Waals surface area contributed by atoms with Crippen LogP contribution in [0.3, 0.4) is 0 Å². The van der Waals surface area contributed by atoms with Crippen molar-refractivity contribution in [1.82, 2.24) is 9.88 Å². The maximum atomic E-state index is 13.0. The molecule has 136 valence electrons. The first kappa shape index (κ1) is 16.2. The number of rotatable bonds is 3. The van der Waals surface area contributed by atoms with Gasteiger partial charge in [0.05, 0.1) is 12.2 Å². The first-order valence-corrected chi connectivity index (χ1v) is 9.63. The number of benzene rings is 2. The Balaban J connectivity index is 1.28. The molecule has 3 heterocycles. The van der Waals surface area contributed by atoms with Crippen LogP contribution in [0.1, 0.15) is 34.5 Å². The Bertz CT molecular complexity index is 1010. The molecule has 0 atom stereocenters. The Kier molecular flexibility index (Phi) is 4.00. The minimum absolute atomic E-state index is 0.0908. The molecule has 1 aromatic heterocycles. The Morgan fingerprint density at radius 1 is 1.11 bits per heavy atom. The molecule has 2 aliphatic heterocycles. The summed E-state index contributed by atoms with van der Waals surface area (Å²) in [6, 6.07) is 16.6. The summed E-state index contributed by atoms with van der Waals surface area (Å²) in [6.45, 7) is 2.28. The third-order valence-corrected chi connectivity index (χ3v) is 5.77. The van der Waals surface area contributed by atoms with Crippen LogP contribution in [0.25, 0.3) is 10.9 Å². The molecule has 1 N–H and O–H groups in total. The smallest absolute Gasteiger partial charge is 0.270 e. The fraction of sp³-hybridized carbons (Fsp3) is 0.318. The van der Waals surface area contributed by atoms with Crippen LogP contribution in [0.2, 0.25) is 0 Å². The van der Waals surface area contributed by atoms with Crippen LogP contribution >= 0.6 is 0 Å². The first-order chi connectivity index (χ1) is 13.3. The summed E-state index contributed by atoms with van der Waals surface area (Å²) < 4.78 is 0. The number of piperidine rings is 1. The zero-order chi connectivity index (χ0) is 18.2.